The van der Waals surface area contributed by atoms with E-state index in [0.29, 0.717) is 36.8 Å². The Labute approximate surface area is 191 Å². The number of hydrogen-bond acceptors (Lipinski definition) is 7. The lowest BCUT2D eigenvalue weighted by atomic mass is 9.99. The molecule has 0 N–H and O–H groups in total. The SMILES string of the molecule is COc1cc2c(cc1OC)CN(C(=O)COC(=O)c1ccc(-n3nc(C)cc3C)nc1)CC2. The number of benzene rings is 1. The lowest BCUT2D eigenvalue weighted by molar-refractivity contribution is -0.135. The maximum Gasteiger partial charge on any atom is 0.340 e. The van der Waals surface area contributed by atoms with Gasteiger partial charge in [-0.15, -0.1) is 0 Å². The molecule has 0 bridgehead atoms. The van der Waals surface area contributed by atoms with Crippen molar-refractivity contribution >= 4 is 11.9 Å². The number of ether oxygens (including phenoxy) is 3. The fourth-order valence-electron chi connectivity index (χ4n) is 3.89. The maximum atomic E-state index is 12.7. The van der Waals surface area contributed by atoms with Crippen LogP contribution in [0.3, 0.4) is 0 Å². The fourth-order valence-corrected chi connectivity index (χ4v) is 3.89. The van der Waals surface area contributed by atoms with Crippen molar-refractivity contribution in [1.82, 2.24) is 19.7 Å². The highest BCUT2D eigenvalue weighted by Gasteiger charge is 2.24. The molecule has 9 heteroatoms. The van der Waals surface area contributed by atoms with E-state index in [4.69, 9.17) is 14.2 Å². The van der Waals surface area contributed by atoms with Crippen molar-refractivity contribution in [3.8, 4) is 17.3 Å². The summed E-state index contributed by atoms with van der Waals surface area (Å²) in [6.45, 7) is 4.46. The minimum absolute atomic E-state index is 0.254. The second-order valence-corrected chi connectivity index (χ2v) is 7.86. The molecule has 3 heterocycles. The molecule has 0 aliphatic carbocycles. The minimum Gasteiger partial charge on any atom is -0.493 e. The largest absolute Gasteiger partial charge is 0.493 e. The van der Waals surface area contributed by atoms with Crippen LogP contribution in [-0.4, -0.2) is 58.9 Å². The van der Waals surface area contributed by atoms with Gasteiger partial charge in [-0.2, -0.15) is 5.10 Å². The molecule has 3 aromatic rings. The van der Waals surface area contributed by atoms with E-state index in [1.54, 1.807) is 35.9 Å². The topological polar surface area (TPSA) is 95.8 Å². The molecule has 0 spiro atoms. The number of aromatic nitrogens is 3. The summed E-state index contributed by atoms with van der Waals surface area (Å²) in [5.74, 6) is 1.04. The summed E-state index contributed by atoms with van der Waals surface area (Å²) in [5.41, 5.74) is 4.20. The second kappa shape index (κ2) is 9.32. The predicted molar refractivity (Wildman–Crippen MR) is 120 cm³/mol. The molecule has 0 atom stereocenters. The van der Waals surface area contributed by atoms with Gasteiger partial charge in [0, 0.05) is 25.0 Å². The number of methoxy groups -OCH3 is 2. The van der Waals surface area contributed by atoms with Crippen LogP contribution in [0, 0.1) is 13.8 Å². The molecule has 4 rings (SSSR count). The summed E-state index contributed by atoms with van der Waals surface area (Å²) < 4.78 is 17.7. The van der Waals surface area contributed by atoms with Crippen LogP contribution in [0.4, 0.5) is 0 Å². The number of rotatable bonds is 6. The summed E-state index contributed by atoms with van der Waals surface area (Å²) >= 11 is 0. The van der Waals surface area contributed by atoms with Crippen molar-refractivity contribution < 1.29 is 23.8 Å². The Hall–Kier alpha value is -3.88. The third kappa shape index (κ3) is 4.67. The number of pyridine rings is 1. The van der Waals surface area contributed by atoms with Gasteiger partial charge in [-0.05, 0) is 61.7 Å². The normalized spacial score (nSPS) is 12.8. The first-order chi connectivity index (χ1) is 15.9. The molecular weight excluding hydrogens is 424 g/mol. The molecule has 0 saturated heterocycles. The molecule has 33 heavy (non-hydrogen) atoms. The maximum absolute atomic E-state index is 12.7. The summed E-state index contributed by atoms with van der Waals surface area (Å²) in [7, 11) is 3.17. The van der Waals surface area contributed by atoms with Crippen LogP contribution in [0.25, 0.3) is 5.82 Å². The molecule has 1 amide bonds. The lowest BCUT2D eigenvalue weighted by Gasteiger charge is -2.29. The van der Waals surface area contributed by atoms with Crippen LogP contribution in [0.1, 0.15) is 32.9 Å². The van der Waals surface area contributed by atoms with Crippen LogP contribution in [0.15, 0.2) is 36.5 Å². The third-order valence-corrected chi connectivity index (χ3v) is 5.61. The number of hydrogen-bond donors (Lipinski definition) is 0. The van der Waals surface area contributed by atoms with Crippen LogP contribution >= 0.6 is 0 Å². The van der Waals surface area contributed by atoms with Gasteiger partial charge >= 0.3 is 5.97 Å². The van der Waals surface area contributed by atoms with Crippen molar-refractivity contribution in [2.75, 3.05) is 27.4 Å². The molecule has 172 valence electrons. The average Bonchev–Trinajstić information content (AvgIpc) is 3.18. The monoisotopic (exact) mass is 450 g/mol. The Morgan fingerprint density at radius 1 is 1.03 bits per heavy atom. The fraction of sp³-hybridized carbons (Fsp3) is 0.333. The summed E-state index contributed by atoms with van der Waals surface area (Å²) in [5, 5.41) is 4.38. The van der Waals surface area contributed by atoms with Crippen LogP contribution in [-0.2, 0) is 22.5 Å². The summed E-state index contributed by atoms with van der Waals surface area (Å²) in [6, 6.07) is 9.08. The van der Waals surface area contributed by atoms with Crippen molar-refractivity contribution in [3.63, 3.8) is 0 Å². The van der Waals surface area contributed by atoms with E-state index in [2.05, 4.69) is 10.1 Å². The predicted octanol–water partition coefficient (Wildman–Crippen LogP) is 2.64. The molecule has 0 unspecified atom stereocenters. The first kappa shape index (κ1) is 22.3. The number of carbonyl (C=O) groups excluding carboxylic acids is 2. The highest BCUT2D eigenvalue weighted by Crippen LogP contribution is 2.33. The average molecular weight is 450 g/mol. The molecule has 0 saturated carbocycles. The van der Waals surface area contributed by atoms with E-state index in [-0.39, 0.29) is 18.1 Å². The zero-order chi connectivity index (χ0) is 23.5. The molecule has 2 aromatic heterocycles. The van der Waals surface area contributed by atoms with Gasteiger partial charge in [0.15, 0.2) is 23.9 Å². The minimum atomic E-state index is -0.598. The Kier molecular flexibility index (Phi) is 6.30. The highest BCUT2D eigenvalue weighted by molar-refractivity contribution is 5.91. The van der Waals surface area contributed by atoms with Crippen molar-refractivity contribution in [2.24, 2.45) is 0 Å². The highest BCUT2D eigenvalue weighted by atomic mass is 16.5. The van der Waals surface area contributed by atoms with Gasteiger partial charge in [0.2, 0.25) is 0 Å². The molecule has 9 nitrogen and oxygen atoms in total. The molecule has 1 aliphatic rings. The van der Waals surface area contributed by atoms with Gasteiger partial charge in [-0.3, -0.25) is 4.79 Å². The van der Waals surface area contributed by atoms with E-state index < -0.39 is 5.97 Å². The van der Waals surface area contributed by atoms with Crippen molar-refractivity contribution in [3.05, 3.63) is 64.6 Å². The van der Waals surface area contributed by atoms with Gasteiger partial charge in [0.1, 0.15) is 0 Å². The van der Waals surface area contributed by atoms with Crippen LogP contribution in [0.2, 0.25) is 0 Å². The quantitative estimate of drug-likeness (QED) is 0.533. The van der Waals surface area contributed by atoms with Gasteiger partial charge in [0.05, 0.1) is 25.5 Å². The smallest absolute Gasteiger partial charge is 0.340 e. The van der Waals surface area contributed by atoms with Gasteiger partial charge in [-0.1, -0.05) is 0 Å². The van der Waals surface area contributed by atoms with E-state index in [9.17, 15) is 9.59 Å². The van der Waals surface area contributed by atoms with E-state index in [0.717, 1.165) is 22.5 Å². The van der Waals surface area contributed by atoms with Crippen molar-refractivity contribution in [1.29, 1.82) is 0 Å². The first-order valence-electron chi connectivity index (χ1n) is 10.6. The summed E-state index contributed by atoms with van der Waals surface area (Å²) in [6.07, 6.45) is 2.11. The van der Waals surface area contributed by atoms with Gasteiger partial charge < -0.3 is 19.1 Å². The zero-order valence-corrected chi connectivity index (χ0v) is 19.1. The Morgan fingerprint density at radius 2 is 1.76 bits per heavy atom. The zero-order valence-electron chi connectivity index (χ0n) is 19.1. The molecule has 0 radical (unpaired) electrons. The molecule has 1 aromatic carbocycles. The number of carbonyl (C=O) groups is 2. The first-order valence-corrected chi connectivity index (χ1v) is 10.6. The number of esters is 1. The summed E-state index contributed by atoms with van der Waals surface area (Å²) in [4.78, 5) is 31.1. The van der Waals surface area contributed by atoms with Gasteiger partial charge in [0.25, 0.3) is 5.91 Å². The third-order valence-electron chi connectivity index (χ3n) is 5.61. The molecular formula is C24H26N4O5. The number of fused-ring (bicyclic) bond motifs is 1. The van der Waals surface area contributed by atoms with Crippen LogP contribution < -0.4 is 9.47 Å². The number of aryl methyl sites for hydroxylation is 2. The standard InChI is InChI=1S/C24H26N4O5/c1-15-9-16(2)28(26-15)22-6-5-18(12-25-22)24(30)33-14-23(29)27-8-7-17-10-20(31-3)21(32-4)11-19(17)13-27/h5-6,9-12H,7-8,13-14H2,1-4H3. The Balaban J connectivity index is 1.36. The Bertz CT molecular complexity index is 1190. The van der Waals surface area contributed by atoms with E-state index >= 15 is 0 Å². The number of amides is 1. The van der Waals surface area contributed by atoms with Crippen molar-refractivity contribution in [2.45, 2.75) is 26.8 Å². The second-order valence-electron chi connectivity index (χ2n) is 7.86. The Morgan fingerprint density at radius 3 is 2.36 bits per heavy atom. The van der Waals surface area contributed by atoms with Crippen LogP contribution in [0.5, 0.6) is 11.5 Å². The lowest BCUT2D eigenvalue weighted by Crippen LogP contribution is -2.38. The van der Waals surface area contributed by atoms with Gasteiger partial charge in [-0.25, -0.2) is 14.5 Å². The molecule has 1 aliphatic heterocycles. The van der Waals surface area contributed by atoms with E-state index in [1.807, 2.05) is 32.0 Å². The van der Waals surface area contributed by atoms with E-state index in [1.165, 1.54) is 6.20 Å². The number of nitrogens with zero attached hydrogens (tertiary/aromatic N) is 4. The molecule has 0 fully saturated rings.